The van der Waals surface area contributed by atoms with E-state index in [1.165, 1.54) is 12.1 Å². The zero-order chi connectivity index (χ0) is 19.0. The van der Waals surface area contributed by atoms with Crippen LogP contribution in [-0.2, 0) is 17.8 Å². The number of nitrogens with two attached hydrogens (primary N) is 1. The number of nitrogens with one attached hydrogen (secondary N) is 1. The number of carbonyl (C=O) groups excluding carboxylic acids is 1. The van der Waals surface area contributed by atoms with Gasteiger partial charge in [0, 0.05) is 48.8 Å². The summed E-state index contributed by atoms with van der Waals surface area (Å²) in [4.78, 5) is 16.0. The fourth-order valence-corrected chi connectivity index (χ4v) is 4.34. The second kappa shape index (κ2) is 7.38. The molecule has 2 aromatic rings. The Morgan fingerprint density at radius 3 is 2.85 bits per heavy atom. The first-order chi connectivity index (χ1) is 13.0. The summed E-state index contributed by atoms with van der Waals surface area (Å²) in [6.07, 6.45) is 7.34. The van der Waals surface area contributed by atoms with Gasteiger partial charge in [0.15, 0.2) is 0 Å². The summed E-state index contributed by atoms with van der Waals surface area (Å²) in [5.41, 5.74) is 6.33. The van der Waals surface area contributed by atoms with Crippen molar-refractivity contribution in [3.05, 3.63) is 41.9 Å². The predicted octanol–water partition coefficient (Wildman–Crippen LogP) is 2.78. The van der Waals surface area contributed by atoms with E-state index in [0.717, 1.165) is 57.0 Å². The molecule has 144 valence electrons. The van der Waals surface area contributed by atoms with Gasteiger partial charge in [0.2, 0.25) is 5.91 Å². The molecule has 27 heavy (non-hydrogen) atoms. The highest BCUT2D eigenvalue weighted by Gasteiger charge is 2.29. The lowest BCUT2D eigenvalue weighted by Crippen LogP contribution is -2.46. The third-order valence-electron chi connectivity index (χ3n) is 5.75. The van der Waals surface area contributed by atoms with Gasteiger partial charge in [-0.05, 0) is 37.8 Å². The highest BCUT2D eigenvalue weighted by atomic mass is 19.1. The van der Waals surface area contributed by atoms with Gasteiger partial charge in [0.25, 0.3) is 0 Å². The number of primary amides is 1. The van der Waals surface area contributed by atoms with Crippen LogP contribution in [0.2, 0.25) is 0 Å². The topological polar surface area (TPSA) is 72.9 Å². The number of fused-ring (bicyclic) bond motifs is 1. The number of halogens is 2. The molecule has 3 unspecified atom stereocenters. The molecule has 0 bridgehead atoms. The van der Waals surface area contributed by atoms with E-state index in [1.54, 1.807) is 0 Å². The SMILES string of the molecule is NC(=O)C1CCCC(NC2CCc3nc(-c4ccc(F)cc4F)cn3C2)C1. The molecule has 2 aliphatic rings. The van der Waals surface area contributed by atoms with Gasteiger partial charge in [-0.2, -0.15) is 0 Å². The smallest absolute Gasteiger partial charge is 0.220 e. The third kappa shape index (κ3) is 3.88. The summed E-state index contributed by atoms with van der Waals surface area (Å²) in [6.45, 7) is 0.753. The molecule has 1 aliphatic carbocycles. The van der Waals surface area contributed by atoms with Gasteiger partial charge >= 0.3 is 0 Å². The highest BCUT2D eigenvalue weighted by molar-refractivity contribution is 5.76. The maximum absolute atomic E-state index is 14.0. The Kier molecular flexibility index (Phi) is 4.95. The molecule has 1 aromatic heterocycles. The van der Waals surface area contributed by atoms with E-state index >= 15 is 0 Å². The Balaban J connectivity index is 1.44. The summed E-state index contributed by atoms with van der Waals surface area (Å²) >= 11 is 0. The molecule has 3 N–H and O–H groups in total. The molecule has 5 nitrogen and oxygen atoms in total. The van der Waals surface area contributed by atoms with Crippen molar-refractivity contribution in [2.24, 2.45) is 11.7 Å². The van der Waals surface area contributed by atoms with E-state index in [-0.39, 0.29) is 17.9 Å². The van der Waals surface area contributed by atoms with Gasteiger partial charge in [-0.25, -0.2) is 13.8 Å². The molecule has 1 saturated carbocycles. The van der Waals surface area contributed by atoms with Crippen molar-refractivity contribution in [3.63, 3.8) is 0 Å². The number of benzene rings is 1. The van der Waals surface area contributed by atoms with Gasteiger partial charge in [-0.15, -0.1) is 0 Å². The number of amides is 1. The molecule has 4 rings (SSSR count). The van der Waals surface area contributed by atoms with Gasteiger partial charge < -0.3 is 15.6 Å². The molecule has 3 atom stereocenters. The first-order valence-electron chi connectivity index (χ1n) is 9.56. The van der Waals surface area contributed by atoms with E-state index in [1.807, 2.05) is 10.8 Å². The van der Waals surface area contributed by atoms with Crippen LogP contribution in [0.1, 0.15) is 37.9 Å². The standard InChI is InChI=1S/C20H24F2N4O/c21-13-4-6-16(17(22)9-13)18-11-26-10-15(5-7-19(26)25-18)24-14-3-1-2-12(8-14)20(23)27/h4,6,9,11-12,14-15,24H,1-3,5,7-8,10H2,(H2,23,27). The average molecular weight is 374 g/mol. The second-order valence-corrected chi connectivity index (χ2v) is 7.68. The van der Waals surface area contributed by atoms with Crippen LogP contribution in [0, 0.1) is 17.6 Å². The molecule has 0 saturated heterocycles. The molecule has 1 aromatic carbocycles. The Morgan fingerprint density at radius 1 is 1.22 bits per heavy atom. The summed E-state index contributed by atoms with van der Waals surface area (Å²) in [5, 5.41) is 3.67. The lowest BCUT2D eigenvalue weighted by Gasteiger charge is -2.33. The maximum Gasteiger partial charge on any atom is 0.220 e. The average Bonchev–Trinajstić information content (AvgIpc) is 3.04. The van der Waals surface area contributed by atoms with Crippen molar-refractivity contribution in [2.45, 2.75) is 57.2 Å². The zero-order valence-electron chi connectivity index (χ0n) is 15.1. The molecule has 2 heterocycles. The molecular weight excluding hydrogens is 350 g/mol. The van der Waals surface area contributed by atoms with Crippen LogP contribution in [-0.4, -0.2) is 27.5 Å². The third-order valence-corrected chi connectivity index (χ3v) is 5.75. The minimum atomic E-state index is -0.597. The van der Waals surface area contributed by atoms with E-state index in [9.17, 15) is 13.6 Å². The Labute approximate surface area is 157 Å². The molecule has 1 aliphatic heterocycles. The lowest BCUT2D eigenvalue weighted by atomic mass is 9.84. The minimum Gasteiger partial charge on any atom is -0.369 e. The molecule has 0 radical (unpaired) electrons. The van der Waals surface area contributed by atoms with Crippen LogP contribution in [0.15, 0.2) is 24.4 Å². The van der Waals surface area contributed by atoms with Crippen molar-refractivity contribution in [3.8, 4) is 11.3 Å². The minimum absolute atomic E-state index is 0.0308. The number of carbonyl (C=O) groups is 1. The number of rotatable bonds is 4. The number of aryl methyl sites for hydroxylation is 1. The van der Waals surface area contributed by atoms with Crippen LogP contribution >= 0.6 is 0 Å². The second-order valence-electron chi connectivity index (χ2n) is 7.68. The Morgan fingerprint density at radius 2 is 2.07 bits per heavy atom. The number of hydrogen-bond donors (Lipinski definition) is 2. The summed E-state index contributed by atoms with van der Waals surface area (Å²) < 4.78 is 29.2. The molecule has 1 amide bonds. The summed E-state index contributed by atoms with van der Waals surface area (Å²) in [5.74, 6) is -0.499. The molecule has 7 heteroatoms. The van der Waals surface area contributed by atoms with Crippen molar-refractivity contribution in [2.75, 3.05) is 0 Å². The fraction of sp³-hybridized carbons (Fsp3) is 0.500. The van der Waals surface area contributed by atoms with Crippen molar-refractivity contribution < 1.29 is 13.6 Å². The number of hydrogen-bond acceptors (Lipinski definition) is 3. The van der Waals surface area contributed by atoms with Crippen molar-refractivity contribution in [1.29, 1.82) is 0 Å². The predicted molar refractivity (Wildman–Crippen MR) is 97.8 cm³/mol. The number of imidazole rings is 1. The Bertz CT molecular complexity index is 851. The zero-order valence-corrected chi connectivity index (χ0v) is 15.1. The normalized spacial score (nSPS) is 25.2. The molecule has 1 fully saturated rings. The lowest BCUT2D eigenvalue weighted by molar-refractivity contribution is -0.123. The van der Waals surface area contributed by atoms with Gasteiger partial charge in [0.1, 0.15) is 17.5 Å². The number of aromatic nitrogens is 2. The highest BCUT2D eigenvalue weighted by Crippen LogP contribution is 2.28. The first kappa shape index (κ1) is 18.1. The number of nitrogens with zero attached hydrogens (tertiary/aromatic N) is 2. The van der Waals surface area contributed by atoms with Gasteiger partial charge in [0.05, 0.1) is 5.69 Å². The Hall–Kier alpha value is -2.28. The monoisotopic (exact) mass is 374 g/mol. The van der Waals surface area contributed by atoms with Crippen molar-refractivity contribution >= 4 is 5.91 Å². The summed E-state index contributed by atoms with van der Waals surface area (Å²) in [7, 11) is 0. The van der Waals surface area contributed by atoms with Gasteiger partial charge in [-0.3, -0.25) is 4.79 Å². The van der Waals surface area contributed by atoms with E-state index < -0.39 is 11.6 Å². The van der Waals surface area contributed by atoms with Gasteiger partial charge in [-0.1, -0.05) is 6.42 Å². The van der Waals surface area contributed by atoms with Crippen LogP contribution < -0.4 is 11.1 Å². The van der Waals surface area contributed by atoms with E-state index in [2.05, 4.69) is 10.3 Å². The fourth-order valence-electron chi connectivity index (χ4n) is 4.34. The molecular formula is C20H24F2N4O. The molecule has 0 spiro atoms. The van der Waals surface area contributed by atoms with Crippen LogP contribution in [0.5, 0.6) is 0 Å². The van der Waals surface area contributed by atoms with Crippen LogP contribution in [0.3, 0.4) is 0 Å². The van der Waals surface area contributed by atoms with E-state index in [0.29, 0.717) is 17.3 Å². The summed E-state index contributed by atoms with van der Waals surface area (Å²) in [6, 6.07) is 4.16. The van der Waals surface area contributed by atoms with Crippen LogP contribution in [0.4, 0.5) is 8.78 Å². The first-order valence-corrected chi connectivity index (χ1v) is 9.56. The largest absolute Gasteiger partial charge is 0.369 e. The van der Waals surface area contributed by atoms with Crippen molar-refractivity contribution in [1.82, 2.24) is 14.9 Å². The van der Waals surface area contributed by atoms with E-state index in [4.69, 9.17) is 5.73 Å². The quantitative estimate of drug-likeness (QED) is 0.864. The maximum atomic E-state index is 14.0. The van der Waals surface area contributed by atoms with Crippen LogP contribution in [0.25, 0.3) is 11.3 Å².